The first kappa shape index (κ1) is 17.0. The molecule has 0 bridgehead atoms. The molecule has 0 fully saturated rings. The van der Waals surface area contributed by atoms with E-state index in [9.17, 15) is 4.79 Å². The van der Waals surface area contributed by atoms with E-state index in [-0.39, 0.29) is 11.9 Å². The number of amides is 1. The van der Waals surface area contributed by atoms with E-state index in [1.165, 1.54) is 17.4 Å². The average molecular weight is 358 g/mol. The second kappa shape index (κ2) is 6.94. The summed E-state index contributed by atoms with van der Waals surface area (Å²) in [7, 11) is 3.14. The molecule has 0 aliphatic heterocycles. The number of methoxy groups -OCH3 is 2. The molecule has 25 heavy (non-hydrogen) atoms. The second-order valence-corrected chi connectivity index (χ2v) is 6.49. The topological polar surface area (TPSA) is 77.8 Å². The summed E-state index contributed by atoms with van der Waals surface area (Å²) in [4.78, 5) is 18.3. The number of rotatable bonds is 5. The molecule has 0 aliphatic rings. The quantitative estimate of drug-likeness (QED) is 0.709. The van der Waals surface area contributed by atoms with Gasteiger partial charge >= 0.3 is 0 Å². The van der Waals surface area contributed by atoms with Gasteiger partial charge in [-0.2, -0.15) is 4.98 Å². The monoisotopic (exact) mass is 358 g/mol. The van der Waals surface area contributed by atoms with Gasteiger partial charge in [-0.25, -0.2) is 4.52 Å². The number of fused-ring (bicyclic) bond motifs is 1. The van der Waals surface area contributed by atoms with Crippen LogP contribution in [-0.2, 0) is 4.79 Å². The molecule has 0 saturated heterocycles. The van der Waals surface area contributed by atoms with Gasteiger partial charge in [0.1, 0.15) is 0 Å². The van der Waals surface area contributed by atoms with Gasteiger partial charge in [-0.3, -0.25) is 10.1 Å². The number of anilines is 1. The summed E-state index contributed by atoms with van der Waals surface area (Å²) in [6.45, 7) is 3.98. The standard InChI is InChI=1S/C17H18N4O3S/c1-10-11(2)25-17-19-16(20-21(10)17)18-15(22)8-6-12-5-7-13(23-3)14(9-12)24-4/h5-9H,1-4H3,(H,18,20,22)/b8-6+. The molecule has 2 heterocycles. The first-order valence-corrected chi connectivity index (χ1v) is 8.37. The fourth-order valence-corrected chi connectivity index (χ4v) is 3.18. The van der Waals surface area contributed by atoms with E-state index in [0.717, 1.165) is 21.1 Å². The van der Waals surface area contributed by atoms with Gasteiger partial charge in [-0.05, 0) is 37.6 Å². The molecule has 3 rings (SSSR count). The molecule has 8 heteroatoms. The van der Waals surface area contributed by atoms with Gasteiger partial charge in [-0.15, -0.1) is 5.10 Å². The number of aromatic nitrogens is 3. The molecular formula is C17H18N4O3S. The number of carbonyl (C=O) groups excluding carboxylic acids is 1. The van der Waals surface area contributed by atoms with Crippen LogP contribution in [0.1, 0.15) is 16.1 Å². The van der Waals surface area contributed by atoms with Crippen molar-refractivity contribution in [3.05, 3.63) is 40.4 Å². The SMILES string of the molecule is COc1ccc(/C=C/C(=O)Nc2nc3sc(C)c(C)n3n2)cc1OC. The summed E-state index contributed by atoms with van der Waals surface area (Å²) in [6, 6.07) is 5.41. The van der Waals surface area contributed by atoms with E-state index in [0.29, 0.717) is 11.5 Å². The Balaban J connectivity index is 1.71. The van der Waals surface area contributed by atoms with Crippen LogP contribution in [0.25, 0.3) is 11.0 Å². The van der Waals surface area contributed by atoms with Crippen molar-refractivity contribution >= 4 is 34.2 Å². The molecule has 3 aromatic rings. The Morgan fingerprint density at radius 1 is 1.24 bits per heavy atom. The third kappa shape index (κ3) is 3.48. The maximum atomic E-state index is 12.1. The highest BCUT2D eigenvalue weighted by molar-refractivity contribution is 7.17. The number of hydrogen-bond donors (Lipinski definition) is 1. The van der Waals surface area contributed by atoms with E-state index < -0.39 is 0 Å². The fraction of sp³-hybridized carbons (Fsp3) is 0.235. The molecule has 1 aromatic carbocycles. The Hall–Kier alpha value is -2.87. The van der Waals surface area contributed by atoms with Crippen LogP contribution < -0.4 is 14.8 Å². The van der Waals surface area contributed by atoms with Gasteiger partial charge in [0.2, 0.25) is 4.96 Å². The van der Waals surface area contributed by atoms with Gasteiger partial charge in [0.25, 0.3) is 11.9 Å². The molecule has 0 aliphatic carbocycles. The van der Waals surface area contributed by atoms with Crippen molar-refractivity contribution in [2.24, 2.45) is 0 Å². The van der Waals surface area contributed by atoms with Crippen LogP contribution >= 0.6 is 11.3 Å². The second-order valence-electron chi connectivity index (χ2n) is 5.31. The maximum absolute atomic E-state index is 12.1. The van der Waals surface area contributed by atoms with Crippen molar-refractivity contribution < 1.29 is 14.3 Å². The van der Waals surface area contributed by atoms with Crippen molar-refractivity contribution in [2.75, 3.05) is 19.5 Å². The number of thiazole rings is 1. The minimum atomic E-state index is -0.303. The van der Waals surface area contributed by atoms with Gasteiger partial charge in [0.15, 0.2) is 11.5 Å². The summed E-state index contributed by atoms with van der Waals surface area (Å²) in [6.07, 6.45) is 3.11. The summed E-state index contributed by atoms with van der Waals surface area (Å²) in [5, 5.41) is 6.96. The summed E-state index contributed by atoms with van der Waals surface area (Å²) < 4.78 is 12.2. The third-order valence-corrected chi connectivity index (χ3v) is 4.77. The maximum Gasteiger partial charge on any atom is 0.250 e. The fourth-order valence-electron chi connectivity index (χ4n) is 2.28. The van der Waals surface area contributed by atoms with E-state index in [1.807, 2.05) is 19.9 Å². The molecule has 0 spiro atoms. The average Bonchev–Trinajstić information content (AvgIpc) is 3.11. The van der Waals surface area contributed by atoms with Crippen molar-refractivity contribution in [2.45, 2.75) is 13.8 Å². The van der Waals surface area contributed by atoms with Crippen molar-refractivity contribution in [1.82, 2.24) is 14.6 Å². The van der Waals surface area contributed by atoms with E-state index in [4.69, 9.17) is 9.47 Å². The molecule has 130 valence electrons. The van der Waals surface area contributed by atoms with Crippen molar-refractivity contribution in [1.29, 1.82) is 0 Å². The van der Waals surface area contributed by atoms with Crippen molar-refractivity contribution in [3.63, 3.8) is 0 Å². The molecular weight excluding hydrogens is 340 g/mol. The zero-order valence-electron chi connectivity index (χ0n) is 14.4. The molecule has 2 aromatic heterocycles. The Kier molecular flexibility index (Phi) is 4.71. The van der Waals surface area contributed by atoms with Gasteiger partial charge in [0.05, 0.1) is 19.9 Å². The molecule has 0 radical (unpaired) electrons. The van der Waals surface area contributed by atoms with Gasteiger partial charge < -0.3 is 9.47 Å². The largest absolute Gasteiger partial charge is 0.493 e. The lowest BCUT2D eigenvalue weighted by atomic mass is 10.2. The minimum Gasteiger partial charge on any atom is -0.493 e. The minimum absolute atomic E-state index is 0.288. The number of nitrogens with zero attached hydrogens (tertiary/aromatic N) is 3. The number of carbonyl (C=O) groups is 1. The normalized spacial score (nSPS) is 11.2. The molecule has 0 unspecified atom stereocenters. The Labute approximate surface area is 148 Å². The summed E-state index contributed by atoms with van der Waals surface area (Å²) in [5.41, 5.74) is 1.84. The Morgan fingerprint density at radius 3 is 2.68 bits per heavy atom. The van der Waals surface area contributed by atoms with Crippen LogP contribution in [0, 0.1) is 13.8 Å². The third-order valence-electron chi connectivity index (χ3n) is 3.72. The van der Waals surface area contributed by atoms with Crippen LogP contribution in [0.5, 0.6) is 11.5 Å². The highest BCUT2D eigenvalue weighted by Gasteiger charge is 2.11. The number of nitrogens with one attached hydrogen (secondary N) is 1. The molecule has 1 N–H and O–H groups in total. The molecule has 0 atom stereocenters. The first-order valence-electron chi connectivity index (χ1n) is 7.55. The Bertz CT molecular complexity index is 958. The van der Waals surface area contributed by atoms with Crippen LogP contribution in [0.15, 0.2) is 24.3 Å². The smallest absolute Gasteiger partial charge is 0.250 e. The lowest BCUT2D eigenvalue weighted by Crippen LogP contribution is -2.09. The highest BCUT2D eigenvalue weighted by Crippen LogP contribution is 2.28. The van der Waals surface area contributed by atoms with E-state index in [2.05, 4.69) is 15.4 Å². The number of benzene rings is 1. The molecule has 7 nitrogen and oxygen atoms in total. The van der Waals surface area contributed by atoms with E-state index in [1.54, 1.807) is 36.9 Å². The predicted molar refractivity (Wildman–Crippen MR) is 97.5 cm³/mol. The number of hydrogen-bond acceptors (Lipinski definition) is 6. The number of ether oxygens (including phenoxy) is 2. The van der Waals surface area contributed by atoms with Crippen molar-refractivity contribution in [3.8, 4) is 11.5 Å². The lowest BCUT2D eigenvalue weighted by Gasteiger charge is -2.07. The van der Waals surface area contributed by atoms with Crippen LogP contribution in [0.4, 0.5) is 5.95 Å². The van der Waals surface area contributed by atoms with E-state index >= 15 is 0 Å². The predicted octanol–water partition coefficient (Wildman–Crippen LogP) is 3.08. The van der Waals surface area contributed by atoms with Gasteiger partial charge in [-0.1, -0.05) is 17.4 Å². The molecule has 1 amide bonds. The first-order chi connectivity index (χ1) is 12.0. The van der Waals surface area contributed by atoms with Gasteiger partial charge in [0, 0.05) is 11.0 Å². The van der Waals surface area contributed by atoms with Crippen LogP contribution in [0.2, 0.25) is 0 Å². The lowest BCUT2D eigenvalue weighted by molar-refractivity contribution is -0.111. The zero-order valence-corrected chi connectivity index (χ0v) is 15.2. The number of aryl methyl sites for hydroxylation is 2. The Morgan fingerprint density at radius 2 is 2.00 bits per heavy atom. The van der Waals surface area contributed by atoms with Crippen LogP contribution in [-0.4, -0.2) is 34.7 Å². The van der Waals surface area contributed by atoms with Crippen LogP contribution in [0.3, 0.4) is 0 Å². The highest BCUT2D eigenvalue weighted by atomic mass is 32.1. The molecule has 0 saturated carbocycles. The summed E-state index contributed by atoms with van der Waals surface area (Å²) >= 11 is 1.54. The zero-order chi connectivity index (χ0) is 18.0. The summed E-state index contributed by atoms with van der Waals surface area (Å²) in [5.74, 6) is 1.22.